The topological polar surface area (TPSA) is 85.9 Å². The number of nitrogens with one attached hydrogen (secondary N) is 1. The van der Waals surface area contributed by atoms with Crippen molar-refractivity contribution in [2.45, 2.75) is 19.4 Å². The molecule has 0 aliphatic heterocycles. The molecule has 0 saturated heterocycles. The Morgan fingerprint density at radius 2 is 1.64 bits per heavy atom. The maximum absolute atomic E-state index is 10.9. The lowest BCUT2D eigenvalue weighted by molar-refractivity contribution is -0.396. The smallest absolute Gasteiger partial charge is 0.390 e. The molecule has 0 amide bonds. The van der Waals surface area contributed by atoms with Gasteiger partial charge in [-0.05, 0) is 29.9 Å². The summed E-state index contributed by atoms with van der Waals surface area (Å²) in [7, 11) is 0. The summed E-state index contributed by atoms with van der Waals surface area (Å²) in [4.78, 5) is 19.0. The van der Waals surface area contributed by atoms with Crippen molar-refractivity contribution in [1.29, 1.82) is 0 Å². The van der Waals surface area contributed by atoms with E-state index in [9.17, 15) is 10.1 Å². The molecule has 0 radical (unpaired) electrons. The Kier molecular flexibility index (Phi) is 6.06. The molecule has 0 unspecified atom stereocenters. The minimum absolute atomic E-state index is 0. The van der Waals surface area contributed by atoms with Crippen LogP contribution in [0.2, 0.25) is 0 Å². The standard InChI is InChI=1S/C20H19N5O2.ClH/c26-25(27)20-22-12-14-24(20)13-6-5-11-21-19-15-7-1-3-9-17(15)23-18-10-4-2-8-16(18)19;/h1-4,7-10,12,14H,5-6,11,13H2,(H,21,23);1H. The van der Waals surface area contributed by atoms with Crippen LogP contribution in [0.25, 0.3) is 21.8 Å². The van der Waals surface area contributed by atoms with E-state index in [4.69, 9.17) is 4.98 Å². The summed E-state index contributed by atoms with van der Waals surface area (Å²) in [6, 6.07) is 16.2. The fourth-order valence-corrected chi connectivity index (χ4v) is 3.30. The summed E-state index contributed by atoms with van der Waals surface area (Å²) in [5.74, 6) is -0.103. The minimum atomic E-state index is -0.451. The SMILES string of the molecule is Cl.O=[N+]([O-])c1nccn1CCCCNc1c2ccccc2nc2ccccc12. The van der Waals surface area contributed by atoms with Crippen molar-refractivity contribution in [1.82, 2.24) is 14.5 Å². The summed E-state index contributed by atoms with van der Waals surface area (Å²) in [5.41, 5.74) is 3.02. The van der Waals surface area contributed by atoms with Crippen molar-refractivity contribution in [3.05, 3.63) is 71.0 Å². The number of rotatable bonds is 7. The molecule has 144 valence electrons. The number of pyridine rings is 1. The van der Waals surface area contributed by atoms with Crippen molar-refractivity contribution in [2.24, 2.45) is 0 Å². The van der Waals surface area contributed by atoms with Crippen LogP contribution in [-0.4, -0.2) is 26.0 Å². The van der Waals surface area contributed by atoms with Crippen molar-refractivity contribution < 1.29 is 4.92 Å². The van der Waals surface area contributed by atoms with E-state index in [2.05, 4.69) is 22.4 Å². The molecule has 0 fully saturated rings. The number of halogens is 1. The van der Waals surface area contributed by atoms with Gasteiger partial charge in [0.2, 0.25) is 0 Å². The molecule has 0 aliphatic carbocycles. The van der Waals surface area contributed by atoms with Gasteiger partial charge in [0.1, 0.15) is 12.4 Å². The second-order valence-electron chi connectivity index (χ2n) is 6.33. The van der Waals surface area contributed by atoms with Crippen LogP contribution in [0, 0.1) is 10.1 Å². The average Bonchev–Trinajstić information content (AvgIpc) is 3.16. The van der Waals surface area contributed by atoms with E-state index < -0.39 is 4.92 Å². The summed E-state index contributed by atoms with van der Waals surface area (Å²) < 4.78 is 1.58. The van der Waals surface area contributed by atoms with Gasteiger partial charge in [-0.3, -0.25) is 0 Å². The molecule has 4 aromatic rings. The second kappa shape index (κ2) is 8.67. The van der Waals surface area contributed by atoms with Crippen LogP contribution >= 0.6 is 12.4 Å². The predicted molar refractivity (Wildman–Crippen MR) is 113 cm³/mol. The monoisotopic (exact) mass is 397 g/mol. The minimum Gasteiger partial charge on any atom is -0.390 e. The molecule has 0 saturated carbocycles. The normalized spacial score (nSPS) is 10.7. The number of fused-ring (bicyclic) bond motifs is 2. The van der Waals surface area contributed by atoms with Gasteiger partial charge in [0.25, 0.3) is 0 Å². The van der Waals surface area contributed by atoms with Crippen molar-refractivity contribution >= 4 is 45.8 Å². The van der Waals surface area contributed by atoms with E-state index in [1.165, 1.54) is 6.20 Å². The molecule has 28 heavy (non-hydrogen) atoms. The van der Waals surface area contributed by atoms with E-state index in [0.717, 1.165) is 46.9 Å². The van der Waals surface area contributed by atoms with E-state index in [0.29, 0.717) is 6.54 Å². The molecule has 0 atom stereocenters. The lowest BCUT2D eigenvalue weighted by Crippen LogP contribution is -2.07. The quantitative estimate of drug-likeness (QED) is 0.209. The predicted octanol–water partition coefficient (Wildman–Crippen LogP) is 4.81. The van der Waals surface area contributed by atoms with Crippen molar-refractivity contribution in [3.63, 3.8) is 0 Å². The van der Waals surface area contributed by atoms with Crippen LogP contribution in [-0.2, 0) is 6.54 Å². The Bertz CT molecular complexity index is 1060. The van der Waals surface area contributed by atoms with E-state index in [1.54, 1.807) is 10.8 Å². The molecular weight excluding hydrogens is 378 g/mol. The number of anilines is 1. The Hall–Kier alpha value is -3.19. The maximum atomic E-state index is 10.9. The van der Waals surface area contributed by atoms with Gasteiger partial charge in [-0.15, -0.1) is 12.4 Å². The molecule has 2 aromatic carbocycles. The first-order valence-corrected chi connectivity index (χ1v) is 8.91. The number of nitro groups is 1. The first-order chi connectivity index (χ1) is 13.2. The molecule has 0 spiro atoms. The summed E-state index contributed by atoms with van der Waals surface area (Å²) in [6.45, 7) is 1.36. The summed E-state index contributed by atoms with van der Waals surface area (Å²) in [5, 5.41) is 16.7. The lowest BCUT2D eigenvalue weighted by atomic mass is 10.1. The van der Waals surface area contributed by atoms with E-state index >= 15 is 0 Å². The third kappa shape index (κ3) is 3.89. The van der Waals surface area contributed by atoms with Crippen molar-refractivity contribution in [3.8, 4) is 0 Å². The molecule has 8 heteroatoms. The fraction of sp³-hybridized carbons (Fsp3) is 0.200. The highest BCUT2D eigenvalue weighted by atomic mass is 35.5. The third-order valence-electron chi connectivity index (χ3n) is 4.57. The van der Waals surface area contributed by atoms with Crippen LogP contribution < -0.4 is 5.32 Å². The highest BCUT2D eigenvalue weighted by Crippen LogP contribution is 2.30. The number of benzene rings is 2. The van der Waals surface area contributed by atoms with Crippen LogP contribution in [0.15, 0.2) is 60.9 Å². The third-order valence-corrected chi connectivity index (χ3v) is 4.57. The Labute approximate surface area is 168 Å². The zero-order chi connectivity index (χ0) is 18.6. The molecule has 7 nitrogen and oxygen atoms in total. The van der Waals surface area contributed by atoms with Crippen LogP contribution in [0.5, 0.6) is 0 Å². The van der Waals surface area contributed by atoms with Gasteiger partial charge in [0.05, 0.1) is 23.3 Å². The maximum Gasteiger partial charge on any atom is 0.434 e. The number of aryl methyl sites for hydroxylation is 1. The molecule has 2 aromatic heterocycles. The van der Waals surface area contributed by atoms with Gasteiger partial charge < -0.3 is 15.4 Å². The van der Waals surface area contributed by atoms with Gasteiger partial charge in [-0.2, -0.15) is 0 Å². The highest BCUT2D eigenvalue weighted by molar-refractivity contribution is 6.07. The zero-order valence-electron chi connectivity index (χ0n) is 15.1. The second-order valence-corrected chi connectivity index (χ2v) is 6.33. The number of aromatic nitrogens is 3. The van der Waals surface area contributed by atoms with Crippen LogP contribution in [0.1, 0.15) is 12.8 Å². The lowest BCUT2D eigenvalue weighted by Gasteiger charge is -2.13. The Morgan fingerprint density at radius 1 is 1.00 bits per heavy atom. The van der Waals surface area contributed by atoms with Crippen LogP contribution in [0.3, 0.4) is 0 Å². The van der Waals surface area contributed by atoms with Gasteiger partial charge in [-0.25, -0.2) is 9.55 Å². The van der Waals surface area contributed by atoms with Gasteiger partial charge >= 0.3 is 5.95 Å². The largest absolute Gasteiger partial charge is 0.434 e. The molecule has 4 rings (SSSR count). The van der Waals surface area contributed by atoms with Gasteiger partial charge in [0, 0.05) is 17.3 Å². The van der Waals surface area contributed by atoms with Gasteiger partial charge in [0.15, 0.2) is 0 Å². The van der Waals surface area contributed by atoms with Crippen LogP contribution in [0.4, 0.5) is 11.6 Å². The number of hydrogen-bond donors (Lipinski definition) is 1. The molecular formula is C20H20ClN5O2. The number of unbranched alkanes of at least 4 members (excludes halogenated alkanes) is 1. The Morgan fingerprint density at radius 3 is 2.29 bits per heavy atom. The number of imidazole rings is 1. The van der Waals surface area contributed by atoms with E-state index in [1.807, 2.05) is 36.4 Å². The van der Waals surface area contributed by atoms with Crippen molar-refractivity contribution in [2.75, 3.05) is 11.9 Å². The molecule has 0 aliphatic rings. The summed E-state index contributed by atoms with van der Waals surface area (Å²) in [6.07, 6.45) is 4.83. The van der Waals surface area contributed by atoms with Gasteiger partial charge in [-0.1, -0.05) is 41.4 Å². The number of nitrogens with zero attached hydrogens (tertiary/aromatic N) is 4. The first kappa shape index (κ1) is 19.6. The zero-order valence-corrected chi connectivity index (χ0v) is 15.9. The summed E-state index contributed by atoms with van der Waals surface area (Å²) >= 11 is 0. The first-order valence-electron chi connectivity index (χ1n) is 8.91. The number of para-hydroxylation sites is 2. The molecule has 1 N–H and O–H groups in total. The van der Waals surface area contributed by atoms with E-state index in [-0.39, 0.29) is 18.4 Å². The number of hydrogen-bond acceptors (Lipinski definition) is 5. The average molecular weight is 398 g/mol. The fourth-order valence-electron chi connectivity index (χ4n) is 3.30. The molecule has 0 bridgehead atoms. The Balaban J connectivity index is 0.00000225. The highest BCUT2D eigenvalue weighted by Gasteiger charge is 2.13. The molecule has 2 heterocycles.